The second-order valence-electron chi connectivity index (χ2n) is 6.70. The first-order chi connectivity index (χ1) is 13.2. The number of ether oxygens (including phenoxy) is 2. The monoisotopic (exact) mass is 388 g/mol. The van der Waals surface area contributed by atoms with E-state index < -0.39 is 0 Å². The highest BCUT2D eigenvalue weighted by molar-refractivity contribution is 6.29. The van der Waals surface area contributed by atoms with Gasteiger partial charge in [-0.15, -0.1) is 10.2 Å². The molecule has 2 aliphatic rings. The number of carbonyl (C=O) groups excluding carboxylic acids is 1. The van der Waals surface area contributed by atoms with Crippen molar-refractivity contribution in [3.05, 3.63) is 35.5 Å². The first kappa shape index (κ1) is 17.9. The van der Waals surface area contributed by atoms with Gasteiger partial charge in [0.15, 0.2) is 22.5 Å². The molecule has 1 amide bonds. The largest absolute Gasteiger partial charge is 0.490 e. The Kier molecular flexibility index (Phi) is 5.29. The van der Waals surface area contributed by atoms with Crippen LogP contribution in [0.2, 0.25) is 5.15 Å². The zero-order valence-corrected chi connectivity index (χ0v) is 15.6. The van der Waals surface area contributed by atoms with Gasteiger partial charge in [0.05, 0.1) is 19.1 Å². The molecule has 4 rings (SSSR count). The van der Waals surface area contributed by atoms with Gasteiger partial charge in [-0.05, 0) is 37.1 Å². The summed E-state index contributed by atoms with van der Waals surface area (Å²) in [6, 6.07) is 9.05. The van der Waals surface area contributed by atoms with Crippen LogP contribution in [0.4, 0.5) is 11.5 Å². The standard InChI is InChI=1S/C19H21ClN4O3/c20-17-6-7-18(23-22-17)24-8-1-3-13(12-24)19(25)21-14-4-5-15-16(11-14)27-10-2-9-26-15/h4-7,11,13H,1-3,8-10,12H2,(H,21,25). The van der Waals surface area contributed by atoms with Gasteiger partial charge in [-0.1, -0.05) is 11.6 Å². The molecule has 1 atom stereocenters. The van der Waals surface area contributed by atoms with Crippen molar-refractivity contribution in [2.24, 2.45) is 5.92 Å². The molecule has 7 nitrogen and oxygen atoms in total. The van der Waals surface area contributed by atoms with Crippen molar-refractivity contribution in [2.45, 2.75) is 19.3 Å². The summed E-state index contributed by atoms with van der Waals surface area (Å²) < 4.78 is 11.3. The van der Waals surface area contributed by atoms with Crippen LogP contribution in [0.5, 0.6) is 11.5 Å². The number of fused-ring (bicyclic) bond motifs is 1. The highest BCUT2D eigenvalue weighted by Crippen LogP contribution is 2.32. The van der Waals surface area contributed by atoms with Crippen LogP contribution in [0.1, 0.15) is 19.3 Å². The van der Waals surface area contributed by atoms with E-state index in [9.17, 15) is 4.79 Å². The van der Waals surface area contributed by atoms with Gasteiger partial charge in [-0.2, -0.15) is 0 Å². The van der Waals surface area contributed by atoms with Gasteiger partial charge in [0, 0.05) is 31.3 Å². The molecule has 3 heterocycles. The molecule has 142 valence electrons. The molecule has 1 saturated heterocycles. The molecule has 0 spiro atoms. The summed E-state index contributed by atoms with van der Waals surface area (Å²) in [6.07, 6.45) is 2.61. The van der Waals surface area contributed by atoms with Crippen LogP contribution in [0.25, 0.3) is 0 Å². The van der Waals surface area contributed by atoms with Gasteiger partial charge in [0.2, 0.25) is 5.91 Å². The number of nitrogens with one attached hydrogen (secondary N) is 1. The Balaban J connectivity index is 1.42. The van der Waals surface area contributed by atoms with Crippen molar-refractivity contribution in [3.63, 3.8) is 0 Å². The number of carbonyl (C=O) groups is 1. The third-order valence-electron chi connectivity index (χ3n) is 4.75. The number of hydrogen-bond acceptors (Lipinski definition) is 6. The number of benzene rings is 1. The van der Waals surface area contributed by atoms with Gasteiger partial charge < -0.3 is 19.7 Å². The number of piperidine rings is 1. The Morgan fingerprint density at radius 3 is 2.78 bits per heavy atom. The fourth-order valence-electron chi connectivity index (χ4n) is 3.36. The number of aromatic nitrogens is 2. The summed E-state index contributed by atoms with van der Waals surface area (Å²) >= 11 is 5.81. The Hall–Kier alpha value is -2.54. The van der Waals surface area contributed by atoms with E-state index in [2.05, 4.69) is 20.4 Å². The minimum Gasteiger partial charge on any atom is -0.490 e. The molecule has 0 aliphatic carbocycles. The molecule has 0 radical (unpaired) electrons. The van der Waals surface area contributed by atoms with Crippen LogP contribution in [0.3, 0.4) is 0 Å². The zero-order valence-electron chi connectivity index (χ0n) is 14.9. The molecule has 2 aromatic rings. The average Bonchev–Trinajstić information content (AvgIpc) is 2.93. The SMILES string of the molecule is O=C(Nc1ccc2c(c1)OCCCO2)C1CCCN(c2ccc(Cl)nn2)C1. The lowest BCUT2D eigenvalue weighted by Crippen LogP contribution is -2.41. The van der Waals surface area contributed by atoms with E-state index in [0.29, 0.717) is 36.3 Å². The van der Waals surface area contributed by atoms with E-state index in [4.69, 9.17) is 21.1 Å². The van der Waals surface area contributed by atoms with Crippen LogP contribution in [0.15, 0.2) is 30.3 Å². The third-order valence-corrected chi connectivity index (χ3v) is 4.95. The second kappa shape index (κ2) is 8.00. The Bertz CT molecular complexity index is 815. The minimum absolute atomic E-state index is 0.00360. The molecular formula is C19H21ClN4O3. The van der Waals surface area contributed by atoms with Crippen molar-refractivity contribution in [1.29, 1.82) is 0 Å². The molecule has 1 aromatic heterocycles. The van der Waals surface area contributed by atoms with E-state index in [-0.39, 0.29) is 11.8 Å². The number of rotatable bonds is 3. The normalized spacial score (nSPS) is 19.3. The van der Waals surface area contributed by atoms with Crippen LogP contribution in [-0.2, 0) is 4.79 Å². The minimum atomic E-state index is -0.118. The lowest BCUT2D eigenvalue weighted by Gasteiger charge is -2.32. The summed E-state index contributed by atoms with van der Waals surface area (Å²) in [4.78, 5) is 14.8. The Morgan fingerprint density at radius 1 is 1.11 bits per heavy atom. The molecule has 27 heavy (non-hydrogen) atoms. The maximum absolute atomic E-state index is 12.8. The molecule has 1 aromatic carbocycles. The molecule has 0 saturated carbocycles. The van der Waals surface area contributed by atoms with Crippen LogP contribution in [-0.4, -0.2) is 42.4 Å². The zero-order chi connectivity index (χ0) is 18.6. The topological polar surface area (TPSA) is 76.6 Å². The smallest absolute Gasteiger partial charge is 0.229 e. The van der Waals surface area contributed by atoms with E-state index in [1.165, 1.54) is 0 Å². The number of amides is 1. The highest BCUT2D eigenvalue weighted by atomic mass is 35.5. The lowest BCUT2D eigenvalue weighted by atomic mass is 9.97. The van der Waals surface area contributed by atoms with Crippen molar-refractivity contribution >= 4 is 29.0 Å². The maximum Gasteiger partial charge on any atom is 0.229 e. The van der Waals surface area contributed by atoms with Gasteiger partial charge in [0.1, 0.15) is 0 Å². The summed E-state index contributed by atoms with van der Waals surface area (Å²) in [6.45, 7) is 2.71. The molecule has 1 N–H and O–H groups in total. The average molecular weight is 389 g/mol. The van der Waals surface area contributed by atoms with Gasteiger partial charge in [-0.25, -0.2) is 0 Å². The van der Waals surface area contributed by atoms with E-state index in [0.717, 1.165) is 37.4 Å². The number of anilines is 2. The van der Waals surface area contributed by atoms with E-state index >= 15 is 0 Å². The Morgan fingerprint density at radius 2 is 1.96 bits per heavy atom. The van der Waals surface area contributed by atoms with E-state index in [1.807, 2.05) is 24.3 Å². The summed E-state index contributed by atoms with van der Waals surface area (Å²) in [5.74, 6) is 2.01. The molecule has 1 fully saturated rings. The molecule has 2 aliphatic heterocycles. The van der Waals surface area contributed by atoms with Crippen molar-refractivity contribution in [1.82, 2.24) is 10.2 Å². The van der Waals surface area contributed by atoms with Crippen molar-refractivity contribution in [2.75, 3.05) is 36.5 Å². The lowest BCUT2D eigenvalue weighted by molar-refractivity contribution is -0.120. The fourth-order valence-corrected chi connectivity index (χ4v) is 3.46. The fraction of sp³-hybridized carbons (Fsp3) is 0.421. The summed E-state index contributed by atoms with van der Waals surface area (Å²) in [5.41, 5.74) is 0.715. The van der Waals surface area contributed by atoms with Gasteiger partial charge in [-0.3, -0.25) is 4.79 Å². The second-order valence-corrected chi connectivity index (χ2v) is 7.09. The predicted molar refractivity (Wildman–Crippen MR) is 103 cm³/mol. The van der Waals surface area contributed by atoms with Crippen molar-refractivity contribution in [3.8, 4) is 11.5 Å². The van der Waals surface area contributed by atoms with Crippen LogP contribution < -0.4 is 19.7 Å². The molecule has 0 bridgehead atoms. The molecular weight excluding hydrogens is 368 g/mol. The van der Waals surface area contributed by atoms with Crippen LogP contribution >= 0.6 is 11.6 Å². The first-order valence-electron chi connectivity index (χ1n) is 9.14. The van der Waals surface area contributed by atoms with Gasteiger partial charge >= 0.3 is 0 Å². The van der Waals surface area contributed by atoms with Crippen molar-refractivity contribution < 1.29 is 14.3 Å². The Labute approximate surface area is 162 Å². The van der Waals surface area contributed by atoms with E-state index in [1.54, 1.807) is 6.07 Å². The predicted octanol–water partition coefficient (Wildman–Crippen LogP) is 3.15. The first-order valence-corrected chi connectivity index (χ1v) is 9.51. The quantitative estimate of drug-likeness (QED) is 0.870. The number of nitrogens with zero attached hydrogens (tertiary/aromatic N) is 3. The summed E-state index contributed by atoms with van der Waals surface area (Å²) in [7, 11) is 0. The maximum atomic E-state index is 12.8. The summed E-state index contributed by atoms with van der Waals surface area (Å²) in [5, 5.41) is 11.4. The third kappa shape index (κ3) is 4.24. The number of halogens is 1. The highest BCUT2D eigenvalue weighted by Gasteiger charge is 2.27. The number of hydrogen-bond donors (Lipinski definition) is 1. The van der Waals surface area contributed by atoms with Crippen LogP contribution in [0, 0.1) is 5.92 Å². The molecule has 8 heteroatoms. The van der Waals surface area contributed by atoms with Gasteiger partial charge in [0.25, 0.3) is 0 Å². The molecule has 1 unspecified atom stereocenters.